The van der Waals surface area contributed by atoms with Crippen molar-refractivity contribution < 1.29 is 24.1 Å². The Bertz CT molecular complexity index is 1290. The number of nitrogens with one attached hydrogen (secondary N) is 2. The molecule has 2 atom stereocenters. The van der Waals surface area contributed by atoms with Gasteiger partial charge in [0.15, 0.2) is 11.6 Å². The number of methoxy groups -OCH3 is 2. The number of ether oxygens (including phenoxy) is 3. The standard InChI is InChI=1S/C25H27Cl2N5O5/c1-4-15(34)7-14-11-37-12-17(14)31-25-29-10-13-8-16(30-24(23(13)32-25)28-5-6-33)20-21(26)18(35-2)9-19(36-3)22(20)27/h4,8-10,14,17,33H,1,5-7,11-12H2,2-3H3,(H,28,30)(H,29,31,32)/t14-,17+/m0/s1. The van der Waals surface area contributed by atoms with E-state index in [0.717, 1.165) is 0 Å². The predicted molar refractivity (Wildman–Crippen MR) is 143 cm³/mol. The van der Waals surface area contributed by atoms with E-state index in [4.69, 9.17) is 42.4 Å². The Morgan fingerprint density at radius 1 is 1.22 bits per heavy atom. The number of halogens is 2. The number of fused-ring (bicyclic) bond motifs is 1. The fourth-order valence-electron chi connectivity index (χ4n) is 4.11. The number of anilines is 2. The van der Waals surface area contributed by atoms with Crippen molar-refractivity contribution >= 4 is 51.7 Å². The summed E-state index contributed by atoms with van der Waals surface area (Å²) in [6, 6.07) is 3.23. The van der Waals surface area contributed by atoms with Crippen LogP contribution in [0.15, 0.2) is 31.0 Å². The smallest absolute Gasteiger partial charge is 0.223 e. The maximum Gasteiger partial charge on any atom is 0.223 e. The number of allylic oxidation sites excluding steroid dienone is 1. The molecule has 12 heteroatoms. The highest BCUT2D eigenvalue weighted by atomic mass is 35.5. The summed E-state index contributed by atoms with van der Waals surface area (Å²) >= 11 is 13.2. The van der Waals surface area contributed by atoms with Gasteiger partial charge in [0.2, 0.25) is 5.95 Å². The molecule has 1 saturated heterocycles. The molecule has 0 amide bonds. The van der Waals surface area contributed by atoms with E-state index in [2.05, 4.69) is 27.2 Å². The maximum atomic E-state index is 11.9. The molecule has 3 aromatic rings. The van der Waals surface area contributed by atoms with Crippen LogP contribution in [0, 0.1) is 5.92 Å². The minimum absolute atomic E-state index is 0.0235. The molecule has 0 saturated carbocycles. The molecule has 196 valence electrons. The van der Waals surface area contributed by atoms with Crippen LogP contribution in [0.1, 0.15) is 6.42 Å². The highest BCUT2D eigenvalue weighted by Crippen LogP contribution is 2.46. The van der Waals surface area contributed by atoms with E-state index in [-0.39, 0.29) is 40.9 Å². The van der Waals surface area contributed by atoms with E-state index in [1.54, 1.807) is 18.3 Å². The minimum Gasteiger partial charge on any atom is -0.495 e. The van der Waals surface area contributed by atoms with Crippen LogP contribution in [-0.2, 0) is 9.53 Å². The average molecular weight is 548 g/mol. The minimum atomic E-state index is -0.135. The Kier molecular flexibility index (Phi) is 8.65. The topological polar surface area (TPSA) is 128 Å². The zero-order chi connectivity index (χ0) is 26.5. The molecule has 0 aliphatic carbocycles. The number of hydrogen-bond donors (Lipinski definition) is 3. The Morgan fingerprint density at radius 3 is 2.59 bits per heavy atom. The molecule has 0 unspecified atom stereocenters. The van der Waals surface area contributed by atoms with E-state index in [9.17, 15) is 9.90 Å². The molecule has 1 aromatic carbocycles. The highest BCUT2D eigenvalue weighted by molar-refractivity contribution is 6.41. The van der Waals surface area contributed by atoms with E-state index in [1.807, 2.05) is 0 Å². The molecule has 3 heterocycles. The van der Waals surface area contributed by atoms with E-state index >= 15 is 0 Å². The summed E-state index contributed by atoms with van der Waals surface area (Å²) < 4.78 is 16.4. The predicted octanol–water partition coefficient (Wildman–Crippen LogP) is 3.99. The van der Waals surface area contributed by atoms with Gasteiger partial charge in [-0.05, 0) is 12.1 Å². The van der Waals surface area contributed by atoms with Gasteiger partial charge < -0.3 is 30.0 Å². The van der Waals surface area contributed by atoms with Crippen molar-refractivity contribution in [1.29, 1.82) is 0 Å². The lowest BCUT2D eigenvalue weighted by Gasteiger charge is -2.19. The number of ketones is 1. The van der Waals surface area contributed by atoms with Crippen LogP contribution in [0.4, 0.5) is 11.8 Å². The number of carbonyl (C=O) groups is 1. The van der Waals surface area contributed by atoms with Crippen LogP contribution in [0.2, 0.25) is 10.0 Å². The molecule has 2 aromatic heterocycles. The zero-order valence-electron chi connectivity index (χ0n) is 20.4. The Morgan fingerprint density at radius 2 is 1.95 bits per heavy atom. The number of aromatic nitrogens is 3. The van der Waals surface area contributed by atoms with Gasteiger partial charge in [0.05, 0.1) is 55.8 Å². The molecule has 37 heavy (non-hydrogen) atoms. The van der Waals surface area contributed by atoms with Gasteiger partial charge >= 0.3 is 0 Å². The van der Waals surface area contributed by atoms with Crippen LogP contribution in [0.3, 0.4) is 0 Å². The largest absolute Gasteiger partial charge is 0.495 e. The maximum absolute atomic E-state index is 11.9. The summed E-state index contributed by atoms with van der Waals surface area (Å²) in [5.41, 5.74) is 1.39. The molecule has 1 aliphatic rings. The molecular formula is C25H27Cl2N5O5. The third-order valence-corrected chi connectivity index (χ3v) is 6.75. The van der Waals surface area contributed by atoms with Gasteiger partial charge in [-0.3, -0.25) is 4.79 Å². The number of aliphatic hydroxyl groups excluding tert-OH is 1. The second-order valence-electron chi connectivity index (χ2n) is 8.34. The third-order valence-electron chi connectivity index (χ3n) is 6.00. The second kappa shape index (κ2) is 11.9. The van der Waals surface area contributed by atoms with Gasteiger partial charge in [-0.1, -0.05) is 29.8 Å². The monoisotopic (exact) mass is 547 g/mol. The van der Waals surface area contributed by atoms with Crippen molar-refractivity contribution in [3.05, 3.63) is 41.0 Å². The first-order valence-electron chi connectivity index (χ1n) is 11.5. The molecule has 3 N–H and O–H groups in total. The van der Waals surface area contributed by atoms with Crippen molar-refractivity contribution in [3.8, 4) is 22.8 Å². The fraction of sp³-hybridized carbons (Fsp3) is 0.360. The molecule has 0 bridgehead atoms. The summed E-state index contributed by atoms with van der Waals surface area (Å²) in [4.78, 5) is 25.7. The van der Waals surface area contributed by atoms with Crippen molar-refractivity contribution in [2.24, 2.45) is 5.92 Å². The Hall–Kier alpha value is -3.18. The van der Waals surface area contributed by atoms with Gasteiger partial charge in [0, 0.05) is 42.1 Å². The first-order chi connectivity index (χ1) is 17.9. The highest BCUT2D eigenvalue weighted by Gasteiger charge is 2.30. The molecule has 1 aliphatic heterocycles. The van der Waals surface area contributed by atoms with Crippen molar-refractivity contribution in [2.75, 3.05) is 51.2 Å². The SMILES string of the molecule is C=CC(=O)C[C@H]1COC[C@H]1Nc1ncc2cc(-c3c(Cl)c(OC)cc(OC)c3Cl)nc(NCCO)c2n1. The fourth-order valence-corrected chi connectivity index (χ4v) is 4.81. The summed E-state index contributed by atoms with van der Waals surface area (Å²) in [6.45, 7) is 4.56. The Labute approximate surface area is 224 Å². The number of aliphatic hydroxyl groups is 1. The van der Waals surface area contributed by atoms with Gasteiger partial charge in [-0.25, -0.2) is 15.0 Å². The quantitative estimate of drug-likeness (QED) is 0.303. The van der Waals surface area contributed by atoms with E-state index in [1.165, 1.54) is 20.3 Å². The lowest BCUT2D eigenvalue weighted by Crippen LogP contribution is -2.30. The van der Waals surface area contributed by atoms with Crippen LogP contribution in [0.25, 0.3) is 22.2 Å². The van der Waals surface area contributed by atoms with Crippen LogP contribution < -0.4 is 20.1 Å². The number of pyridine rings is 1. The van der Waals surface area contributed by atoms with Crippen LogP contribution >= 0.6 is 23.2 Å². The van der Waals surface area contributed by atoms with Crippen LogP contribution in [0.5, 0.6) is 11.5 Å². The van der Waals surface area contributed by atoms with Crippen molar-refractivity contribution in [3.63, 3.8) is 0 Å². The number of benzene rings is 1. The van der Waals surface area contributed by atoms with Gasteiger partial charge in [-0.15, -0.1) is 0 Å². The number of nitrogens with zero attached hydrogens (tertiary/aromatic N) is 3. The summed E-state index contributed by atoms with van der Waals surface area (Å²) in [5.74, 6) is 1.46. The normalized spacial score (nSPS) is 17.0. The summed E-state index contributed by atoms with van der Waals surface area (Å²) in [6.07, 6.45) is 3.30. The second-order valence-corrected chi connectivity index (χ2v) is 9.10. The summed E-state index contributed by atoms with van der Waals surface area (Å²) in [7, 11) is 2.99. The first kappa shape index (κ1) is 26.9. The molecule has 4 rings (SSSR count). The van der Waals surface area contributed by atoms with Gasteiger partial charge in [0.1, 0.15) is 17.0 Å². The number of hydrogen-bond acceptors (Lipinski definition) is 10. The lowest BCUT2D eigenvalue weighted by atomic mass is 9.97. The molecular weight excluding hydrogens is 521 g/mol. The molecule has 1 fully saturated rings. The molecule has 0 radical (unpaired) electrons. The number of carbonyl (C=O) groups excluding carboxylic acids is 1. The zero-order valence-corrected chi connectivity index (χ0v) is 21.9. The third kappa shape index (κ3) is 5.72. The van der Waals surface area contributed by atoms with Crippen molar-refractivity contribution in [2.45, 2.75) is 12.5 Å². The van der Waals surface area contributed by atoms with Crippen LogP contribution in [-0.4, -0.2) is 72.5 Å². The van der Waals surface area contributed by atoms with Gasteiger partial charge in [0.25, 0.3) is 0 Å². The first-order valence-corrected chi connectivity index (χ1v) is 12.3. The molecule has 10 nitrogen and oxygen atoms in total. The van der Waals surface area contributed by atoms with E-state index < -0.39 is 0 Å². The average Bonchev–Trinajstić information content (AvgIpc) is 3.33. The number of rotatable bonds is 11. The molecule has 0 spiro atoms. The van der Waals surface area contributed by atoms with E-state index in [0.29, 0.717) is 65.1 Å². The lowest BCUT2D eigenvalue weighted by molar-refractivity contribution is -0.115. The Balaban J connectivity index is 1.76. The van der Waals surface area contributed by atoms with Crippen molar-refractivity contribution in [1.82, 2.24) is 15.0 Å². The summed E-state index contributed by atoms with van der Waals surface area (Å²) in [5, 5.41) is 17.0. The van der Waals surface area contributed by atoms with Gasteiger partial charge in [-0.2, -0.15) is 0 Å².